The molecule has 4 nitrogen and oxygen atoms in total. The Morgan fingerprint density at radius 2 is 1.03 bits per heavy atom. The Morgan fingerprint density at radius 1 is 0.611 bits per heavy atom. The lowest BCUT2D eigenvalue weighted by atomic mass is 10.1. The van der Waals surface area contributed by atoms with Crippen LogP contribution in [0.5, 0.6) is 0 Å². The summed E-state index contributed by atoms with van der Waals surface area (Å²) in [4.78, 5) is 0. The van der Waals surface area contributed by atoms with Crippen molar-refractivity contribution < 1.29 is 9.15 Å². The molecule has 0 saturated carbocycles. The van der Waals surface area contributed by atoms with Gasteiger partial charge in [0.25, 0.3) is 0 Å². The Bertz CT molecular complexity index is 1520. The van der Waals surface area contributed by atoms with Crippen molar-refractivity contribution >= 4 is 33.7 Å². The average Bonchev–Trinajstić information content (AvgIpc) is 3.65. The third kappa shape index (κ3) is 2.81. The smallest absolute Gasteiger partial charge is 0.109 e. The molecule has 1 unspecified atom stereocenters. The zero-order valence-electron chi connectivity index (χ0n) is 22.2. The first-order valence-corrected chi connectivity index (χ1v) is 13.4. The highest BCUT2D eigenvalue weighted by Crippen LogP contribution is 2.37. The van der Waals surface area contributed by atoms with E-state index in [4.69, 9.17) is 0 Å². The van der Waals surface area contributed by atoms with Crippen molar-refractivity contribution in [1.82, 2.24) is 9.13 Å². The number of hydrogen-bond donors (Lipinski definition) is 0. The average molecular weight is 477 g/mol. The van der Waals surface area contributed by atoms with Gasteiger partial charge in [0.1, 0.15) is 29.0 Å². The second-order valence-electron chi connectivity index (χ2n) is 9.97. The Balaban J connectivity index is 1.94. The summed E-state index contributed by atoms with van der Waals surface area (Å²) in [6.45, 7) is 11.4. The maximum atomic E-state index is 4.54. The zero-order valence-corrected chi connectivity index (χ0v) is 22.2. The number of rotatable bonds is 4. The lowest BCUT2D eigenvalue weighted by Crippen LogP contribution is -2.39. The number of hydrogen-bond acceptors (Lipinski definition) is 0. The first-order chi connectivity index (χ1) is 17.5. The molecular weight excluding hydrogens is 440 g/mol. The van der Waals surface area contributed by atoms with E-state index < -0.39 is 0 Å². The molecule has 6 heterocycles. The second-order valence-corrected chi connectivity index (χ2v) is 9.97. The second kappa shape index (κ2) is 8.19. The molecule has 4 heteroatoms. The highest BCUT2D eigenvalue weighted by Gasteiger charge is 2.29. The SMILES string of the molecule is [CH2-][N+]1=C2C=CC1=C(CC)c1ccc3n1C(C)n1c(ccc1=C(CC)C1=[N+]([CH2-])C(=C3CC)C=C1)=C2CC. The fraction of sp³-hybridized carbons (Fsp3) is 0.312. The fourth-order valence-corrected chi connectivity index (χ4v) is 6.76. The third-order valence-corrected chi connectivity index (χ3v) is 8.43. The summed E-state index contributed by atoms with van der Waals surface area (Å²) in [5.41, 5.74) is 12.7. The van der Waals surface area contributed by atoms with E-state index in [0.717, 1.165) is 25.7 Å². The molecule has 0 radical (unpaired) electrons. The highest BCUT2D eigenvalue weighted by atomic mass is 15.2. The van der Waals surface area contributed by atoms with Crippen molar-refractivity contribution in [2.75, 3.05) is 0 Å². The van der Waals surface area contributed by atoms with Crippen LogP contribution >= 0.6 is 0 Å². The van der Waals surface area contributed by atoms with Crippen molar-refractivity contribution in [2.24, 2.45) is 0 Å². The molecule has 2 aromatic heterocycles. The van der Waals surface area contributed by atoms with E-state index in [1.165, 1.54) is 67.2 Å². The van der Waals surface area contributed by atoms with E-state index in [-0.39, 0.29) is 6.17 Å². The molecule has 1 atom stereocenters. The summed E-state index contributed by atoms with van der Waals surface area (Å²) in [6.07, 6.45) is 12.9. The van der Waals surface area contributed by atoms with Gasteiger partial charge >= 0.3 is 0 Å². The summed E-state index contributed by atoms with van der Waals surface area (Å²) < 4.78 is 9.46. The van der Waals surface area contributed by atoms with Crippen LogP contribution in [0.15, 0.2) is 60.0 Å². The van der Waals surface area contributed by atoms with Crippen LogP contribution in [-0.4, -0.2) is 29.7 Å². The molecule has 0 N–H and O–H groups in total. The van der Waals surface area contributed by atoms with E-state index in [1.807, 2.05) is 0 Å². The molecule has 0 aliphatic carbocycles. The Kier molecular flexibility index (Phi) is 5.18. The van der Waals surface area contributed by atoms with Crippen LogP contribution in [-0.2, 0) is 0 Å². The standard InChI is InChI=1S/C32H36N4/c1-8-21-25-12-13-26(33(25)6)22(9-2)31-18-19-32-24(11-4)28-15-14-27(34(28)7)23(10-3)30-17-16-29(21)35(30)20(5)36(31)32/h12-20H,6-11H2,1-5H3. The largest absolute Gasteiger partial charge is 0.327 e. The minimum Gasteiger partial charge on any atom is -0.327 e. The van der Waals surface area contributed by atoms with Gasteiger partial charge in [0.2, 0.25) is 0 Å². The highest BCUT2D eigenvalue weighted by molar-refractivity contribution is 6.24. The molecule has 0 fully saturated rings. The van der Waals surface area contributed by atoms with Gasteiger partial charge in [0, 0.05) is 36.2 Å². The van der Waals surface area contributed by atoms with Gasteiger partial charge in [-0.2, -0.15) is 0 Å². The monoisotopic (exact) mass is 476 g/mol. The minimum atomic E-state index is 0.102. The Morgan fingerprint density at radius 3 is 1.42 bits per heavy atom. The van der Waals surface area contributed by atoms with Gasteiger partial charge in [-0.1, -0.05) is 52.0 Å². The Labute approximate surface area is 214 Å². The van der Waals surface area contributed by atoms with E-state index in [2.05, 4.69) is 116 Å². The summed E-state index contributed by atoms with van der Waals surface area (Å²) in [5, 5.41) is 2.54. The van der Waals surface area contributed by atoms with Crippen LogP contribution in [0.4, 0.5) is 0 Å². The first-order valence-electron chi connectivity index (χ1n) is 13.4. The van der Waals surface area contributed by atoms with Crippen molar-refractivity contribution in [2.45, 2.75) is 66.5 Å². The van der Waals surface area contributed by atoms with Gasteiger partial charge in [-0.15, -0.1) is 0 Å². The molecular formula is C32H36N4. The summed E-state index contributed by atoms with van der Waals surface area (Å²) >= 11 is 0. The number of nitrogens with zero attached hydrogens (tertiary/aromatic N) is 4. The lowest BCUT2D eigenvalue weighted by molar-refractivity contribution is -0.396. The van der Waals surface area contributed by atoms with Crippen molar-refractivity contribution in [3.8, 4) is 0 Å². The molecule has 184 valence electrons. The molecule has 0 spiro atoms. The number of aromatic nitrogens is 2. The quantitative estimate of drug-likeness (QED) is 0.416. The predicted molar refractivity (Wildman–Crippen MR) is 150 cm³/mol. The zero-order chi connectivity index (χ0) is 25.3. The van der Waals surface area contributed by atoms with Crippen molar-refractivity contribution in [1.29, 1.82) is 0 Å². The number of fused-ring (bicyclic) bond motifs is 2. The van der Waals surface area contributed by atoms with Gasteiger partial charge in [0.05, 0.1) is 0 Å². The molecule has 0 aromatic carbocycles. The summed E-state index contributed by atoms with van der Waals surface area (Å²) in [6, 6.07) is 9.28. The van der Waals surface area contributed by atoms with Crippen LogP contribution in [0, 0.1) is 14.1 Å². The van der Waals surface area contributed by atoms with E-state index in [1.54, 1.807) is 0 Å². The van der Waals surface area contributed by atoms with Crippen molar-refractivity contribution in [3.63, 3.8) is 0 Å². The summed E-state index contributed by atoms with van der Waals surface area (Å²) in [7, 11) is 9.08. The minimum absolute atomic E-state index is 0.102. The first kappa shape index (κ1) is 22.8. The van der Waals surface area contributed by atoms with Gasteiger partial charge in [0.15, 0.2) is 0 Å². The van der Waals surface area contributed by atoms with Crippen LogP contribution in [0.25, 0.3) is 22.3 Å². The van der Waals surface area contributed by atoms with E-state index in [9.17, 15) is 0 Å². The molecule has 6 rings (SSSR count). The maximum absolute atomic E-state index is 4.54. The predicted octanol–water partition coefficient (Wildman–Crippen LogP) is 5.38. The molecule has 4 aliphatic rings. The maximum Gasteiger partial charge on any atom is 0.109 e. The van der Waals surface area contributed by atoms with Gasteiger partial charge < -0.3 is 18.3 Å². The number of allylic oxidation sites excluding steroid dienone is 6. The van der Waals surface area contributed by atoms with Gasteiger partial charge in [-0.3, -0.25) is 0 Å². The molecule has 2 aromatic rings. The van der Waals surface area contributed by atoms with Crippen molar-refractivity contribution in [3.05, 3.63) is 96.1 Å². The van der Waals surface area contributed by atoms with E-state index >= 15 is 0 Å². The van der Waals surface area contributed by atoms with E-state index in [0.29, 0.717) is 0 Å². The van der Waals surface area contributed by atoms with Gasteiger partial charge in [-0.25, -0.2) is 0 Å². The molecule has 36 heavy (non-hydrogen) atoms. The topological polar surface area (TPSA) is 15.9 Å². The molecule has 0 amide bonds. The van der Waals surface area contributed by atoms with Crippen LogP contribution in [0.2, 0.25) is 0 Å². The molecule has 6 bridgehead atoms. The fourth-order valence-electron chi connectivity index (χ4n) is 6.76. The Hall–Kier alpha value is -3.66. The van der Waals surface area contributed by atoms with Crippen LogP contribution in [0.3, 0.4) is 0 Å². The van der Waals surface area contributed by atoms with Crippen LogP contribution in [0.1, 0.15) is 77.9 Å². The lowest BCUT2D eigenvalue weighted by Gasteiger charge is -2.29. The molecule has 4 aliphatic heterocycles. The summed E-state index contributed by atoms with van der Waals surface area (Å²) in [5.74, 6) is 0. The van der Waals surface area contributed by atoms with Gasteiger partial charge in [-0.05, 0) is 79.2 Å². The molecule has 0 saturated heterocycles. The van der Waals surface area contributed by atoms with Crippen LogP contribution < -0.4 is 10.7 Å². The third-order valence-electron chi connectivity index (χ3n) is 8.43. The normalized spacial score (nSPS) is 20.5.